The minimum atomic E-state index is -3.06. The van der Waals surface area contributed by atoms with Crippen LogP contribution in [0.25, 0.3) is 0 Å². The fourth-order valence-corrected chi connectivity index (χ4v) is 2.84. The van der Waals surface area contributed by atoms with Gasteiger partial charge in [0.25, 0.3) is 0 Å². The molecule has 84 valence electrons. The number of methoxy groups -OCH3 is 1. The Morgan fingerprint density at radius 3 is 2.93 bits per heavy atom. The summed E-state index contributed by atoms with van der Waals surface area (Å²) >= 11 is 0. The van der Waals surface area contributed by atoms with Crippen LogP contribution in [-0.4, -0.2) is 58.4 Å². The molecule has 1 N–H and O–H groups in total. The predicted octanol–water partition coefficient (Wildman–Crippen LogP) is -0.742. The highest BCUT2D eigenvalue weighted by Crippen LogP contribution is 2.04. The maximum absolute atomic E-state index is 11.7. The summed E-state index contributed by atoms with van der Waals surface area (Å²) in [6.07, 6.45) is 0.864. The Morgan fingerprint density at radius 1 is 1.43 bits per heavy atom. The fraction of sp³-hybridized carbons (Fsp3) is 1.00. The first kappa shape index (κ1) is 11.9. The van der Waals surface area contributed by atoms with Crippen molar-refractivity contribution in [3.8, 4) is 0 Å². The van der Waals surface area contributed by atoms with E-state index in [9.17, 15) is 8.42 Å². The molecule has 0 amide bonds. The molecule has 6 heteroatoms. The molecule has 0 spiro atoms. The van der Waals surface area contributed by atoms with Crippen molar-refractivity contribution in [2.75, 3.05) is 45.6 Å². The lowest BCUT2D eigenvalue weighted by Crippen LogP contribution is -2.42. The second kappa shape index (κ2) is 5.65. The second-order valence-corrected chi connectivity index (χ2v) is 5.40. The van der Waals surface area contributed by atoms with E-state index in [0.717, 1.165) is 13.0 Å². The van der Waals surface area contributed by atoms with E-state index >= 15 is 0 Å². The number of ether oxygens (including phenoxy) is 1. The summed E-state index contributed by atoms with van der Waals surface area (Å²) in [4.78, 5) is 0. The van der Waals surface area contributed by atoms with Crippen LogP contribution < -0.4 is 5.32 Å². The van der Waals surface area contributed by atoms with Crippen LogP contribution >= 0.6 is 0 Å². The second-order valence-electron chi connectivity index (χ2n) is 3.31. The lowest BCUT2D eigenvalue weighted by atomic mass is 10.4. The molecule has 14 heavy (non-hydrogen) atoms. The molecule has 1 aliphatic heterocycles. The van der Waals surface area contributed by atoms with E-state index in [4.69, 9.17) is 4.74 Å². The minimum absolute atomic E-state index is 0.191. The number of hydrogen-bond donors (Lipinski definition) is 1. The molecular weight excluding hydrogens is 204 g/mol. The molecule has 0 radical (unpaired) electrons. The van der Waals surface area contributed by atoms with Gasteiger partial charge in [0, 0.05) is 26.7 Å². The first-order valence-electron chi connectivity index (χ1n) is 4.84. The van der Waals surface area contributed by atoms with Gasteiger partial charge in [-0.1, -0.05) is 0 Å². The molecule has 1 aliphatic rings. The Labute approximate surface area is 85.5 Å². The van der Waals surface area contributed by atoms with Crippen molar-refractivity contribution in [3.05, 3.63) is 0 Å². The highest BCUT2D eigenvalue weighted by atomic mass is 32.2. The van der Waals surface area contributed by atoms with Gasteiger partial charge in [0.05, 0.1) is 12.4 Å². The van der Waals surface area contributed by atoms with Crippen molar-refractivity contribution in [2.24, 2.45) is 0 Å². The third kappa shape index (κ3) is 3.53. The van der Waals surface area contributed by atoms with Crippen LogP contribution in [0.2, 0.25) is 0 Å². The Hall–Kier alpha value is -0.170. The molecule has 0 unspecified atom stereocenters. The van der Waals surface area contributed by atoms with Gasteiger partial charge >= 0.3 is 0 Å². The number of rotatable bonds is 3. The van der Waals surface area contributed by atoms with Gasteiger partial charge in [-0.05, 0) is 13.0 Å². The summed E-state index contributed by atoms with van der Waals surface area (Å²) in [6, 6.07) is 0. The van der Waals surface area contributed by atoms with Gasteiger partial charge in [-0.3, -0.25) is 0 Å². The molecule has 1 rings (SSSR count). The molecule has 0 aromatic rings. The van der Waals surface area contributed by atoms with E-state index < -0.39 is 10.0 Å². The molecule has 0 saturated carbocycles. The molecule has 0 aliphatic carbocycles. The van der Waals surface area contributed by atoms with Crippen molar-refractivity contribution in [1.82, 2.24) is 9.62 Å². The maximum atomic E-state index is 11.7. The van der Waals surface area contributed by atoms with Crippen LogP contribution in [0.3, 0.4) is 0 Å². The van der Waals surface area contributed by atoms with Crippen molar-refractivity contribution in [1.29, 1.82) is 0 Å². The van der Waals surface area contributed by atoms with Crippen molar-refractivity contribution < 1.29 is 13.2 Å². The number of sulfonamides is 1. The van der Waals surface area contributed by atoms with Crippen LogP contribution in [0, 0.1) is 0 Å². The monoisotopic (exact) mass is 222 g/mol. The number of nitrogens with one attached hydrogen (secondary N) is 1. The van der Waals surface area contributed by atoms with Gasteiger partial charge in [-0.25, -0.2) is 8.42 Å². The highest BCUT2D eigenvalue weighted by Gasteiger charge is 2.22. The van der Waals surface area contributed by atoms with Gasteiger partial charge in [-0.2, -0.15) is 4.31 Å². The molecule has 5 nitrogen and oxygen atoms in total. The zero-order valence-electron chi connectivity index (χ0n) is 8.53. The van der Waals surface area contributed by atoms with Crippen molar-refractivity contribution in [2.45, 2.75) is 6.42 Å². The molecule has 1 fully saturated rings. The molecule has 0 bridgehead atoms. The van der Waals surface area contributed by atoms with Crippen LogP contribution in [0.1, 0.15) is 6.42 Å². The molecule has 0 atom stereocenters. The van der Waals surface area contributed by atoms with E-state index in [-0.39, 0.29) is 5.75 Å². The van der Waals surface area contributed by atoms with Crippen molar-refractivity contribution >= 4 is 10.0 Å². The predicted molar refractivity (Wildman–Crippen MR) is 54.7 cm³/mol. The van der Waals surface area contributed by atoms with E-state index in [2.05, 4.69) is 5.32 Å². The molecule has 0 aromatic carbocycles. The standard InChI is InChI=1S/C8H18N2O3S/c1-13-7-6-10-5-2-3-9-4-8-14(10,11)12/h9H,2-8H2,1H3. The van der Waals surface area contributed by atoms with Gasteiger partial charge in [0.15, 0.2) is 0 Å². The summed E-state index contributed by atoms with van der Waals surface area (Å²) in [5.74, 6) is 0.191. The van der Waals surface area contributed by atoms with Gasteiger partial charge in [-0.15, -0.1) is 0 Å². The highest BCUT2D eigenvalue weighted by molar-refractivity contribution is 7.89. The third-order valence-corrected chi connectivity index (χ3v) is 4.11. The fourth-order valence-electron chi connectivity index (χ4n) is 1.42. The molecule has 0 aromatic heterocycles. The normalized spacial score (nSPS) is 24.1. The average Bonchev–Trinajstić information content (AvgIpc) is 2.12. The average molecular weight is 222 g/mol. The van der Waals surface area contributed by atoms with Crippen molar-refractivity contribution in [3.63, 3.8) is 0 Å². The lowest BCUT2D eigenvalue weighted by Gasteiger charge is -2.24. The lowest BCUT2D eigenvalue weighted by molar-refractivity contribution is 0.178. The Morgan fingerprint density at radius 2 is 2.21 bits per heavy atom. The first-order valence-corrected chi connectivity index (χ1v) is 6.45. The molecule has 1 saturated heterocycles. The smallest absolute Gasteiger partial charge is 0.215 e. The topological polar surface area (TPSA) is 58.6 Å². The SMILES string of the molecule is COCCN1CCCNCCS1(=O)=O. The van der Waals surface area contributed by atoms with E-state index in [1.165, 1.54) is 4.31 Å². The first-order chi connectivity index (χ1) is 6.67. The van der Waals surface area contributed by atoms with Crippen LogP contribution in [0.5, 0.6) is 0 Å². The molecular formula is C8H18N2O3S. The summed E-state index contributed by atoms with van der Waals surface area (Å²) in [5.41, 5.74) is 0. The van der Waals surface area contributed by atoms with Gasteiger partial charge in [0.2, 0.25) is 10.0 Å². The van der Waals surface area contributed by atoms with Crippen LogP contribution in [0.15, 0.2) is 0 Å². The van der Waals surface area contributed by atoms with Crippen LogP contribution in [0.4, 0.5) is 0 Å². The largest absolute Gasteiger partial charge is 0.383 e. The summed E-state index contributed by atoms with van der Waals surface area (Å²) in [7, 11) is -1.48. The Bertz CT molecular complexity index is 251. The summed E-state index contributed by atoms with van der Waals surface area (Å²) in [6.45, 7) is 2.97. The van der Waals surface area contributed by atoms with E-state index in [0.29, 0.717) is 26.2 Å². The summed E-state index contributed by atoms with van der Waals surface area (Å²) in [5, 5.41) is 3.08. The minimum Gasteiger partial charge on any atom is -0.383 e. The van der Waals surface area contributed by atoms with Gasteiger partial charge in [0.1, 0.15) is 0 Å². The maximum Gasteiger partial charge on any atom is 0.215 e. The number of hydrogen-bond acceptors (Lipinski definition) is 4. The zero-order valence-corrected chi connectivity index (χ0v) is 9.35. The Balaban J connectivity index is 2.56. The Kier molecular flexibility index (Phi) is 4.80. The zero-order chi connectivity index (χ0) is 10.4. The number of nitrogens with zero attached hydrogens (tertiary/aromatic N) is 1. The van der Waals surface area contributed by atoms with E-state index in [1.807, 2.05) is 0 Å². The summed E-state index contributed by atoms with van der Waals surface area (Å²) < 4.78 is 29.8. The van der Waals surface area contributed by atoms with Crippen LogP contribution in [-0.2, 0) is 14.8 Å². The quantitative estimate of drug-likeness (QED) is 0.683. The third-order valence-electron chi connectivity index (χ3n) is 2.24. The van der Waals surface area contributed by atoms with E-state index in [1.54, 1.807) is 7.11 Å². The molecule has 1 heterocycles. The van der Waals surface area contributed by atoms with Gasteiger partial charge < -0.3 is 10.1 Å².